The molecule has 0 atom stereocenters. The van der Waals surface area contributed by atoms with Crippen LogP contribution in [0.1, 0.15) is 31.2 Å². The molecule has 2 aromatic rings. The SMILES string of the molecule is O=C(Cc1ccc(Cl)cc1)NC1CCC(Oc2cnccn2)CC1. The first-order valence-corrected chi connectivity index (χ1v) is 8.53. The summed E-state index contributed by atoms with van der Waals surface area (Å²) in [5.41, 5.74) is 0.969. The third-order valence-corrected chi connectivity index (χ3v) is 4.40. The monoisotopic (exact) mass is 345 g/mol. The lowest BCUT2D eigenvalue weighted by molar-refractivity contribution is -0.121. The molecule has 1 aromatic heterocycles. The van der Waals surface area contributed by atoms with E-state index < -0.39 is 0 Å². The third-order valence-electron chi connectivity index (χ3n) is 4.14. The number of rotatable bonds is 5. The van der Waals surface area contributed by atoms with E-state index >= 15 is 0 Å². The molecule has 3 rings (SSSR count). The van der Waals surface area contributed by atoms with Gasteiger partial charge in [0.25, 0.3) is 0 Å². The van der Waals surface area contributed by atoms with Gasteiger partial charge in [0.05, 0.1) is 12.6 Å². The molecule has 5 nitrogen and oxygen atoms in total. The molecule has 0 radical (unpaired) electrons. The number of amides is 1. The zero-order valence-electron chi connectivity index (χ0n) is 13.3. The molecule has 1 N–H and O–H groups in total. The molecule has 1 heterocycles. The Labute approximate surface area is 146 Å². The number of benzene rings is 1. The fraction of sp³-hybridized carbons (Fsp3) is 0.389. The number of aromatic nitrogens is 2. The number of ether oxygens (including phenoxy) is 1. The van der Waals surface area contributed by atoms with Crippen molar-refractivity contribution in [3.05, 3.63) is 53.4 Å². The second-order valence-electron chi connectivity index (χ2n) is 6.01. The molecule has 1 aromatic carbocycles. The Balaban J connectivity index is 1.41. The van der Waals surface area contributed by atoms with Gasteiger partial charge in [-0.2, -0.15) is 0 Å². The number of nitrogens with zero attached hydrogens (tertiary/aromatic N) is 2. The van der Waals surface area contributed by atoms with Gasteiger partial charge in [-0.15, -0.1) is 0 Å². The maximum atomic E-state index is 12.1. The highest BCUT2D eigenvalue weighted by molar-refractivity contribution is 6.30. The summed E-state index contributed by atoms with van der Waals surface area (Å²) >= 11 is 5.85. The molecular weight excluding hydrogens is 326 g/mol. The van der Waals surface area contributed by atoms with Crippen LogP contribution in [0, 0.1) is 0 Å². The molecule has 0 aliphatic heterocycles. The van der Waals surface area contributed by atoms with Gasteiger partial charge in [0, 0.05) is 23.5 Å². The van der Waals surface area contributed by atoms with Gasteiger partial charge in [-0.3, -0.25) is 9.78 Å². The lowest BCUT2D eigenvalue weighted by Gasteiger charge is -2.29. The largest absolute Gasteiger partial charge is 0.473 e. The molecule has 24 heavy (non-hydrogen) atoms. The summed E-state index contributed by atoms with van der Waals surface area (Å²) in [4.78, 5) is 20.3. The molecule has 1 aliphatic rings. The van der Waals surface area contributed by atoms with Gasteiger partial charge in [0.1, 0.15) is 6.10 Å². The zero-order valence-corrected chi connectivity index (χ0v) is 14.1. The Bertz CT molecular complexity index is 656. The molecule has 0 unspecified atom stereocenters. The number of hydrogen-bond acceptors (Lipinski definition) is 4. The maximum absolute atomic E-state index is 12.1. The van der Waals surface area contributed by atoms with Crippen molar-refractivity contribution in [1.29, 1.82) is 0 Å². The van der Waals surface area contributed by atoms with Crippen molar-refractivity contribution >= 4 is 17.5 Å². The van der Waals surface area contributed by atoms with Gasteiger partial charge in [0.2, 0.25) is 11.8 Å². The molecule has 1 fully saturated rings. The van der Waals surface area contributed by atoms with Crippen molar-refractivity contribution in [3.8, 4) is 5.88 Å². The van der Waals surface area contributed by atoms with Crippen molar-refractivity contribution in [2.75, 3.05) is 0 Å². The van der Waals surface area contributed by atoms with Crippen LogP contribution in [0.4, 0.5) is 0 Å². The quantitative estimate of drug-likeness (QED) is 0.904. The van der Waals surface area contributed by atoms with Gasteiger partial charge in [-0.05, 0) is 43.4 Å². The highest BCUT2D eigenvalue weighted by atomic mass is 35.5. The number of carbonyl (C=O) groups is 1. The average molecular weight is 346 g/mol. The van der Waals surface area contributed by atoms with E-state index in [0.717, 1.165) is 31.2 Å². The van der Waals surface area contributed by atoms with E-state index in [0.29, 0.717) is 17.3 Å². The van der Waals surface area contributed by atoms with E-state index in [2.05, 4.69) is 15.3 Å². The maximum Gasteiger partial charge on any atom is 0.232 e. The van der Waals surface area contributed by atoms with Crippen LogP contribution in [0.25, 0.3) is 0 Å². The van der Waals surface area contributed by atoms with E-state index in [1.807, 2.05) is 12.1 Å². The number of nitrogens with one attached hydrogen (secondary N) is 1. The van der Waals surface area contributed by atoms with E-state index in [-0.39, 0.29) is 18.1 Å². The highest BCUT2D eigenvalue weighted by Crippen LogP contribution is 2.22. The van der Waals surface area contributed by atoms with Crippen molar-refractivity contribution in [2.45, 2.75) is 44.2 Å². The topological polar surface area (TPSA) is 64.1 Å². The predicted octanol–water partition coefficient (Wildman–Crippen LogP) is 3.18. The lowest BCUT2D eigenvalue weighted by atomic mass is 9.92. The van der Waals surface area contributed by atoms with Crippen LogP contribution in [0.5, 0.6) is 5.88 Å². The minimum Gasteiger partial charge on any atom is -0.473 e. The van der Waals surface area contributed by atoms with Gasteiger partial charge in [-0.1, -0.05) is 23.7 Å². The molecule has 1 saturated carbocycles. The van der Waals surface area contributed by atoms with Crippen LogP contribution in [-0.4, -0.2) is 28.0 Å². The Kier molecular flexibility index (Phi) is 5.64. The van der Waals surface area contributed by atoms with Gasteiger partial charge in [0.15, 0.2) is 0 Å². The first kappa shape index (κ1) is 16.7. The Morgan fingerprint density at radius 2 is 1.92 bits per heavy atom. The molecular formula is C18H20ClN3O2. The van der Waals surface area contributed by atoms with E-state index in [1.165, 1.54) is 0 Å². The average Bonchev–Trinajstić information content (AvgIpc) is 2.60. The van der Waals surface area contributed by atoms with Crippen molar-refractivity contribution in [1.82, 2.24) is 15.3 Å². The molecule has 0 saturated heterocycles. The minimum atomic E-state index is 0.0515. The van der Waals surface area contributed by atoms with Crippen molar-refractivity contribution in [2.24, 2.45) is 0 Å². The van der Waals surface area contributed by atoms with Crippen LogP contribution < -0.4 is 10.1 Å². The smallest absolute Gasteiger partial charge is 0.232 e. The lowest BCUT2D eigenvalue weighted by Crippen LogP contribution is -2.40. The van der Waals surface area contributed by atoms with Crippen molar-refractivity contribution in [3.63, 3.8) is 0 Å². The van der Waals surface area contributed by atoms with Crippen LogP contribution in [0.2, 0.25) is 5.02 Å². The molecule has 6 heteroatoms. The summed E-state index contributed by atoms with van der Waals surface area (Å²) < 4.78 is 5.82. The standard InChI is InChI=1S/C18H20ClN3O2/c19-14-3-1-13(2-4-14)11-17(23)22-15-5-7-16(8-6-15)24-18-12-20-9-10-21-18/h1-4,9-10,12,15-16H,5-8,11H2,(H,22,23). The molecule has 1 amide bonds. The second-order valence-corrected chi connectivity index (χ2v) is 6.44. The molecule has 126 valence electrons. The summed E-state index contributed by atoms with van der Waals surface area (Å²) in [7, 11) is 0. The number of carbonyl (C=O) groups excluding carboxylic acids is 1. The van der Waals surface area contributed by atoms with Crippen LogP contribution >= 0.6 is 11.6 Å². The second kappa shape index (κ2) is 8.11. The highest BCUT2D eigenvalue weighted by Gasteiger charge is 2.23. The van der Waals surface area contributed by atoms with Crippen LogP contribution in [-0.2, 0) is 11.2 Å². The van der Waals surface area contributed by atoms with Gasteiger partial charge < -0.3 is 10.1 Å². The van der Waals surface area contributed by atoms with Gasteiger partial charge >= 0.3 is 0 Å². The molecule has 0 spiro atoms. The van der Waals surface area contributed by atoms with Gasteiger partial charge in [-0.25, -0.2) is 4.98 Å². The summed E-state index contributed by atoms with van der Waals surface area (Å²) in [5.74, 6) is 0.614. The van der Waals surface area contributed by atoms with E-state index in [1.54, 1.807) is 30.7 Å². The normalized spacial score (nSPS) is 20.4. The predicted molar refractivity (Wildman–Crippen MR) is 92.0 cm³/mol. The molecule has 0 bridgehead atoms. The fourth-order valence-electron chi connectivity index (χ4n) is 2.91. The summed E-state index contributed by atoms with van der Waals surface area (Å²) in [5, 5.41) is 3.79. The number of halogens is 1. The van der Waals surface area contributed by atoms with E-state index in [9.17, 15) is 4.79 Å². The third kappa shape index (κ3) is 4.93. The number of hydrogen-bond donors (Lipinski definition) is 1. The summed E-state index contributed by atoms with van der Waals surface area (Å²) in [6.45, 7) is 0. The summed E-state index contributed by atoms with van der Waals surface area (Å²) in [6, 6.07) is 7.59. The molecule has 1 aliphatic carbocycles. The first-order chi connectivity index (χ1) is 11.7. The van der Waals surface area contributed by atoms with Crippen molar-refractivity contribution < 1.29 is 9.53 Å². The zero-order chi connectivity index (χ0) is 16.8. The fourth-order valence-corrected chi connectivity index (χ4v) is 3.03. The minimum absolute atomic E-state index is 0.0515. The van der Waals surface area contributed by atoms with Crippen LogP contribution in [0.15, 0.2) is 42.9 Å². The first-order valence-electron chi connectivity index (χ1n) is 8.15. The van der Waals surface area contributed by atoms with E-state index in [4.69, 9.17) is 16.3 Å². The Morgan fingerprint density at radius 3 is 2.58 bits per heavy atom. The Hall–Kier alpha value is -2.14. The summed E-state index contributed by atoms with van der Waals surface area (Å²) in [6.07, 6.45) is 9.04. The Morgan fingerprint density at radius 1 is 1.17 bits per heavy atom. The van der Waals surface area contributed by atoms with Crippen LogP contribution in [0.3, 0.4) is 0 Å².